The molecule has 1 aliphatic rings. The zero-order chi connectivity index (χ0) is 22.9. The summed E-state index contributed by atoms with van der Waals surface area (Å²) in [5.74, 6) is 0.402. The Morgan fingerprint density at radius 2 is 1.84 bits per heavy atom. The first kappa shape index (κ1) is 23.0. The number of hydrogen-bond acceptors (Lipinski definition) is 6. The molecule has 168 valence electrons. The number of sulfonamides is 1. The lowest BCUT2D eigenvalue weighted by Gasteiger charge is -2.24. The molecule has 1 aliphatic heterocycles. The highest BCUT2D eigenvalue weighted by atomic mass is 32.2. The molecule has 4 rings (SSSR count). The minimum Gasteiger partial charge on any atom is -0.349 e. The molecular formula is C23H25N3O3S3. The van der Waals surface area contributed by atoms with Crippen LogP contribution in [-0.2, 0) is 21.4 Å². The van der Waals surface area contributed by atoms with Crippen molar-refractivity contribution >= 4 is 39.0 Å². The summed E-state index contributed by atoms with van der Waals surface area (Å²) < 4.78 is 28.2. The molecule has 0 aliphatic carbocycles. The first-order valence-corrected chi connectivity index (χ1v) is 13.7. The highest BCUT2D eigenvalue weighted by Gasteiger charge is 2.41. The molecule has 0 spiro atoms. The van der Waals surface area contributed by atoms with Crippen molar-refractivity contribution in [2.45, 2.75) is 38.3 Å². The molecule has 2 aromatic carbocycles. The van der Waals surface area contributed by atoms with Crippen LogP contribution in [0.3, 0.4) is 0 Å². The van der Waals surface area contributed by atoms with E-state index in [9.17, 15) is 13.2 Å². The number of nitrogens with zero attached hydrogens (tertiary/aromatic N) is 2. The van der Waals surface area contributed by atoms with Crippen molar-refractivity contribution in [2.24, 2.45) is 0 Å². The normalized spacial score (nSPS) is 16.9. The van der Waals surface area contributed by atoms with E-state index in [-0.39, 0.29) is 18.3 Å². The highest BCUT2D eigenvalue weighted by Crippen LogP contribution is 2.32. The number of thioether (sulfide) groups is 1. The van der Waals surface area contributed by atoms with Crippen LogP contribution in [0.2, 0.25) is 0 Å². The van der Waals surface area contributed by atoms with E-state index < -0.39 is 16.1 Å². The predicted octanol–water partition coefficient (Wildman–Crippen LogP) is 4.12. The molecule has 1 N–H and O–H groups in total. The maximum Gasteiger partial charge on any atom is 0.245 e. The van der Waals surface area contributed by atoms with E-state index in [2.05, 4.69) is 10.3 Å². The van der Waals surface area contributed by atoms with Crippen molar-refractivity contribution in [3.05, 3.63) is 70.2 Å². The second-order valence-electron chi connectivity index (χ2n) is 7.86. The van der Waals surface area contributed by atoms with Gasteiger partial charge in [-0.2, -0.15) is 4.31 Å². The molecule has 1 fully saturated rings. The Hall–Kier alpha value is -2.20. The molecule has 0 unspecified atom stereocenters. The number of carbonyl (C=O) groups is 1. The summed E-state index contributed by atoms with van der Waals surface area (Å²) in [6.45, 7) is 5.81. The summed E-state index contributed by atoms with van der Waals surface area (Å²) in [4.78, 5) is 17.8. The van der Waals surface area contributed by atoms with E-state index in [1.165, 1.54) is 27.4 Å². The van der Waals surface area contributed by atoms with Crippen LogP contribution < -0.4 is 5.32 Å². The average molecular weight is 488 g/mol. The summed E-state index contributed by atoms with van der Waals surface area (Å²) in [6, 6.07) is 12.9. The van der Waals surface area contributed by atoms with Crippen LogP contribution in [0.1, 0.15) is 22.4 Å². The third-order valence-electron chi connectivity index (χ3n) is 5.33. The fraction of sp³-hybridized carbons (Fsp3) is 0.304. The lowest BCUT2D eigenvalue weighted by Crippen LogP contribution is -2.47. The Bertz CT molecular complexity index is 1220. The number of amides is 1. The van der Waals surface area contributed by atoms with Crippen LogP contribution in [-0.4, -0.2) is 41.3 Å². The molecule has 1 aromatic heterocycles. The lowest BCUT2D eigenvalue weighted by atomic mass is 10.1. The minimum absolute atomic E-state index is 0.264. The monoisotopic (exact) mass is 487 g/mol. The molecule has 6 nitrogen and oxygen atoms in total. The quantitative estimate of drug-likeness (QED) is 0.566. The standard InChI is InChI=1S/C23H25N3O3S3/c1-15-9-16(2)21(17(3)10-15)32(28,29)26-14-30-13-20(26)22(27)24-11-19-12-31-23(25-19)18-7-5-4-6-8-18/h4-10,12,20H,11,13-14H2,1-3H3,(H,24,27)/t20-/m1/s1. The van der Waals surface area contributed by atoms with Gasteiger partial charge in [-0.1, -0.05) is 48.0 Å². The van der Waals surface area contributed by atoms with Crippen molar-refractivity contribution in [3.63, 3.8) is 0 Å². The number of aryl methyl sites for hydroxylation is 3. The van der Waals surface area contributed by atoms with Crippen molar-refractivity contribution in [1.29, 1.82) is 0 Å². The van der Waals surface area contributed by atoms with E-state index in [4.69, 9.17) is 0 Å². The summed E-state index contributed by atoms with van der Waals surface area (Å²) in [5, 5.41) is 5.69. The fourth-order valence-corrected chi connectivity index (χ4v) is 8.35. The highest BCUT2D eigenvalue weighted by molar-refractivity contribution is 8.00. The van der Waals surface area contributed by atoms with E-state index in [1.807, 2.05) is 54.8 Å². The maximum absolute atomic E-state index is 13.5. The molecule has 1 atom stereocenters. The van der Waals surface area contributed by atoms with Gasteiger partial charge in [0.2, 0.25) is 15.9 Å². The van der Waals surface area contributed by atoms with Crippen molar-refractivity contribution in [3.8, 4) is 10.6 Å². The first-order valence-electron chi connectivity index (χ1n) is 10.2. The number of nitrogens with one attached hydrogen (secondary N) is 1. The van der Waals surface area contributed by atoms with Crippen LogP contribution >= 0.6 is 23.1 Å². The summed E-state index contributed by atoms with van der Waals surface area (Å²) in [5.41, 5.74) is 4.21. The van der Waals surface area contributed by atoms with Crippen LogP contribution in [0, 0.1) is 20.8 Å². The Labute approximate surface area is 197 Å². The van der Waals surface area contributed by atoms with E-state index >= 15 is 0 Å². The van der Waals surface area contributed by atoms with Gasteiger partial charge in [0.25, 0.3) is 0 Å². The zero-order valence-corrected chi connectivity index (χ0v) is 20.6. The average Bonchev–Trinajstić information content (AvgIpc) is 3.42. The zero-order valence-electron chi connectivity index (χ0n) is 18.2. The van der Waals surface area contributed by atoms with Crippen molar-refractivity contribution in [2.75, 3.05) is 11.6 Å². The van der Waals surface area contributed by atoms with Crippen LogP contribution in [0.5, 0.6) is 0 Å². The number of carbonyl (C=O) groups excluding carboxylic acids is 1. The molecular weight excluding hydrogens is 462 g/mol. The van der Waals surface area contributed by atoms with Crippen molar-refractivity contribution < 1.29 is 13.2 Å². The molecule has 0 saturated carbocycles. The molecule has 0 bridgehead atoms. The third kappa shape index (κ3) is 4.61. The first-order chi connectivity index (χ1) is 15.3. The van der Waals surface area contributed by atoms with Gasteiger partial charge in [0.05, 0.1) is 23.0 Å². The number of aromatic nitrogens is 1. The third-order valence-corrected chi connectivity index (χ3v) is 9.61. The van der Waals surface area contributed by atoms with E-state index in [0.717, 1.165) is 21.8 Å². The van der Waals surface area contributed by atoms with Gasteiger partial charge in [-0.3, -0.25) is 4.79 Å². The van der Waals surface area contributed by atoms with E-state index in [1.54, 1.807) is 13.8 Å². The van der Waals surface area contributed by atoms with Gasteiger partial charge in [0, 0.05) is 16.7 Å². The Kier molecular flexibility index (Phi) is 6.71. The molecule has 9 heteroatoms. The number of hydrogen-bond donors (Lipinski definition) is 1. The van der Waals surface area contributed by atoms with Gasteiger partial charge >= 0.3 is 0 Å². The van der Waals surface area contributed by atoms with Gasteiger partial charge in [-0.25, -0.2) is 13.4 Å². The van der Waals surface area contributed by atoms with E-state index in [0.29, 0.717) is 21.8 Å². The summed E-state index contributed by atoms with van der Waals surface area (Å²) >= 11 is 2.97. The van der Waals surface area contributed by atoms with Gasteiger partial charge in [0.1, 0.15) is 11.0 Å². The molecule has 2 heterocycles. The smallest absolute Gasteiger partial charge is 0.245 e. The molecule has 32 heavy (non-hydrogen) atoms. The topological polar surface area (TPSA) is 79.4 Å². The predicted molar refractivity (Wildman–Crippen MR) is 130 cm³/mol. The Morgan fingerprint density at radius 1 is 1.16 bits per heavy atom. The van der Waals surface area contributed by atoms with Crippen molar-refractivity contribution in [1.82, 2.24) is 14.6 Å². The molecule has 3 aromatic rings. The van der Waals surface area contributed by atoms with Gasteiger partial charge in [-0.05, 0) is 31.9 Å². The van der Waals surface area contributed by atoms with Gasteiger partial charge < -0.3 is 5.32 Å². The van der Waals surface area contributed by atoms with Crippen LogP contribution in [0.25, 0.3) is 10.6 Å². The lowest BCUT2D eigenvalue weighted by molar-refractivity contribution is -0.124. The van der Waals surface area contributed by atoms with Gasteiger partial charge in [0.15, 0.2) is 0 Å². The number of thiazole rings is 1. The molecule has 1 amide bonds. The number of rotatable bonds is 6. The second kappa shape index (κ2) is 9.35. The minimum atomic E-state index is -3.79. The Morgan fingerprint density at radius 3 is 2.53 bits per heavy atom. The number of benzene rings is 2. The largest absolute Gasteiger partial charge is 0.349 e. The summed E-state index contributed by atoms with van der Waals surface area (Å²) in [7, 11) is -3.79. The Balaban J connectivity index is 1.48. The SMILES string of the molecule is Cc1cc(C)c(S(=O)(=O)N2CSC[C@@H]2C(=O)NCc2csc(-c3ccccc3)n2)c(C)c1. The van der Waals surface area contributed by atoms with Crippen LogP contribution in [0.4, 0.5) is 0 Å². The van der Waals surface area contributed by atoms with Gasteiger partial charge in [-0.15, -0.1) is 23.1 Å². The fourth-order valence-electron chi connectivity index (χ4n) is 3.96. The second-order valence-corrected chi connectivity index (χ2v) is 11.5. The summed E-state index contributed by atoms with van der Waals surface area (Å²) in [6.07, 6.45) is 0. The molecule has 0 radical (unpaired) electrons. The molecule has 1 saturated heterocycles. The maximum atomic E-state index is 13.5. The van der Waals surface area contributed by atoms with Crippen LogP contribution in [0.15, 0.2) is 52.7 Å².